The number of nitriles is 1. The molecule has 3 saturated heterocycles. The summed E-state index contributed by atoms with van der Waals surface area (Å²) in [5.74, 6) is -0.184. The van der Waals surface area contributed by atoms with Crippen molar-refractivity contribution >= 4 is 23.4 Å². The third-order valence-corrected chi connectivity index (χ3v) is 7.68. The van der Waals surface area contributed by atoms with Gasteiger partial charge in [-0.15, -0.1) is 0 Å². The number of hydrogen-bond acceptors (Lipinski definition) is 4. The average Bonchev–Trinajstić information content (AvgIpc) is 3.32. The van der Waals surface area contributed by atoms with Crippen molar-refractivity contribution in [2.24, 2.45) is 5.92 Å². The molecule has 7 heteroatoms. The number of nitrogens with zero attached hydrogens (tertiary/aromatic N) is 4. The highest BCUT2D eigenvalue weighted by Crippen LogP contribution is 2.58. The van der Waals surface area contributed by atoms with Gasteiger partial charge in [-0.2, -0.15) is 5.26 Å². The van der Waals surface area contributed by atoms with Crippen LogP contribution in [-0.4, -0.2) is 50.8 Å². The minimum absolute atomic E-state index is 0.0398. The highest BCUT2D eigenvalue weighted by atomic mass is 35.5. The maximum absolute atomic E-state index is 13.7. The van der Waals surface area contributed by atoms with Gasteiger partial charge >= 0.3 is 0 Å². The Morgan fingerprint density at radius 2 is 2.07 bits per heavy atom. The molecule has 0 radical (unpaired) electrons. The van der Waals surface area contributed by atoms with Crippen LogP contribution in [0.3, 0.4) is 0 Å². The van der Waals surface area contributed by atoms with Crippen molar-refractivity contribution in [3.63, 3.8) is 0 Å². The van der Waals surface area contributed by atoms with E-state index >= 15 is 0 Å². The number of aromatic nitrogens is 1. The summed E-state index contributed by atoms with van der Waals surface area (Å²) in [6, 6.07) is 4.19. The normalized spacial score (nSPS) is 32.8. The lowest BCUT2D eigenvalue weighted by Gasteiger charge is -2.34. The molecule has 0 unspecified atom stereocenters. The second kappa shape index (κ2) is 6.98. The van der Waals surface area contributed by atoms with E-state index in [9.17, 15) is 14.9 Å². The lowest BCUT2D eigenvalue weighted by Crippen LogP contribution is -2.52. The summed E-state index contributed by atoms with van der Waals surface area (Å²) < 4.78 is 0. The Kier molecular flexibility index (Phi) is 4.54. The molecule has 2 amide bonds. The molecule has 1 aliphatic carbocycles. The lowest BCUT2D eigenvalue weighted by atomic mass is 9.85. The van der Waals surface area contributed by atoms with Crippen molar-refractivity contribution in [3.05, 3.63) is 29.0 Å². The molecule has 4 fully saturated rings. The maximum Gasteiger partial charge on any atom is 0.245 e. The molecule has 4 atom stereocenters. The van der Waals surface area contributed by atoms with Gasteiger partial charge < -0.3 is 9.80 Å². The van der Waals surface area contributed by atoms with E-state index < -0.39 is 0 Å². The summed E-state index contributed by atoms with van der Waals surface area (Å²) in [4.78, 5) is 34.5. The van der Waals surface area contributed by atoms with Gasteiger partial charge in [0.15, 0.2) is 0 Å². The number of carbonyl (C=O) groups is 2. The van der Waals surface area contributed by atoms with Crippen LogP contribution in [0.25, 0.3) is 0 Å². The number of rotatable bonds is 2. The largest absolute Gasteiger partial charge is 0.333 e. The third kappa shape index (κ3) is 2.93. The second-order valence-electron chi connectivity index (χ2n) is 9.00. The average molecular weight is 413 g/mol. The first kappa shape index (κ1) is 18.9. The number of likely N-dealkylation sites (tertiary alicyclic amines) is 1. The molecule has 1 aromatic rings. The Morgan fingerprint density at radius 3 is 2.79 bits per heavy atom. The topological polar surface area (TPSA) is 77.3 Å². The summed E-state index contributed by atoms with van der Waals surface area (Å²) in [5.41, 5.74) is 0.534. The zero-order chi connectivity index (χ0) is 20.2. The van der Waals surface area contributed by atoms with Crippen LogP contribution in [0.15, 0.2) is 18.5 Å². The van der Waals surface area contributed by atoms with Crippen LogP contribution in [-0.2, 0) is 9.59 Å². The molecule has 3 aliphatic heterocycles. The van der Waals surface area contributed by atoms with Gasteiger partial charge in [0, 0.05) is 37.3 Å². The number of hydrogen-bond donors (Lipinski definition) is 0. The van der Waals surface area contributed by atoms with E-state index in [-0.39, 0.29) is 41.3 Å². The fourth-order valence-corrected chi connectivity index (χ4v) is 6.12. The second-order valence-corrected chi connectivity index (χ2v) is 9.43. The highest BCUT2D eigenvalue weighted by molar-refractivity contribution is 6.30. The van der Waals surface area contributed by atoms with Crippen molar-refractivity contribution in [2.45, 2.75) is 74.9 Å². The van der Waals surface area contributed by atoms with Crippen molar-refractivity contribution < 1.29 is 9.59 Å². The molecule has 1 saturated carbocycles. The third-order valence-electron chi connectivity index (χ3n) is 7.47. The summed E-state index contributed by atoms with van der Waals surface area (Å²) in [5, 5.41) is 10.5. The Hall–Kier alpha value is -2.13. The maximum atomic E-state index is 13.7. The molecule has 152 valence electrons. The molecule has 1 aromatic heterocycles. The Balaban J connectivity index is 1.44. The van der Waals surface area contributed by atoms with Gasteiger partial charge in [-0.05, 0) is 50.2 Å². The van der Waals surface area contributed by atoms with Gasteiger partial charge in [0.2, 0.25) is 11.8 Å². The first-order valence-corrected chi connectivity index (χ1v) is 11.1. The van der Waals surface area contributed by atoms with Crippen LogP contribution < -0.4 is 0 Å². The van der Waals surface area contributed by atoms with Crippen LogP contribution in [0.5, 0.6) is 0 Å². The van der Waals surface area contributed by atoms with Gasteiger partial charge in [-0.25, -0.2) is 0 Å². The molecule has 4 aliphatic rings. The Labute approximate surface area is 175 Å². The van der Waals surface area contributed by atoms with Gasteiger partial charge in [-0.3, -0.25) is 14.6 Å². The van der Waals surface area contributed by atoms with Gasteiger partial charge in [0.25, 0.3) is 0 Å². The lowest BCUT2D eigenvalue weighted by molar-refractivity contribution is -0.146. The summed E-state index contributed by atoms with van der Waals surface area (Å²) >= 11 is 6.14. The first-order valence-electron chi connectivity index (χ1n) is 10.7. The van der Waals surface area contributed by atoms with E-state index in [1.165, 1.54) is 0 Å². The zero-order valence-corrected chi connectivity index (χ0v) is 17.1. The van der Waals surface area contributed by atoms with Crippen LogP contribution in [0.2, 0.25) is 5.02 Å². The minimum atomic E-state index is -0.383. The quantitative estimate of drug-likeness (QED) is 0.746. The molecule has 4 heterocycles. The first-order chi connectivity index (χ1) is 14.0. The number of halogens is 1. The fourth-order valence-electron chi connectivity index (χ4n) is 5.94. The fraction of sp³-hybridized carbons (Fsp3) is 0.636. The smallest absolute Gasteiger partial charge is 0.245 e. The SMILES string of the molecule is N#C[C@H]1[C@H](c2cncc(Cl)c2)CN(C(=O)[C@@H]2CC[C@@H]3CCCCC(=O)N32)C12CC2. The zero-order valence-electron chi connectivity index (χ0n) is 16.4. The molecule has 5 rings (SSSR count). The van der Waals surface area contributed by atoms with Crippen molar-refractivity contribution in [1.82, 2.24) is 14.8 Å². The number of amides is 2. The molecule has 0 bridgehead atoms. The van der Waals surface area contributed by atoms with Crippen LogP contribution in [0.1, 0.15) is 62.8 Å². The summed E-state index contributed by atoms with van der Waals surface area (Å²) in [7, 11) is 0. The van der Waals surface area contributed by atoms with E-state index in [4.69, 9.17) is 11.6 Å². The van der Waals surface area contributed by atoms with E-state index in [0.717, 1.165) is 50.5 Å². The molecule has 6 nitrogen and oxygen atoms in total. The Bertz CT molecular complexity index is 893. The molecular formula is C22H25ClN4O2. The molecule has 1 spiro atoms. The minimum Gasteiger partial charge on any atom is -0.333 e. The summed E-state index contributed by atoms with van der Waals surface area (Å²) in [6.07, 6.45) is 10.2. The van der Waals surface area contributed by atoms with Crippen LogP contribution >= 0.6 is 11.6 Å². The van der Waals surface area contributed by atoms with Crippen LogP contribution in [0, 0.1) is 17.2 Å². The Morgan fingerprint density at radius 1 is 1.24 bits per heavy atom. The van der Waals surface area contributed by atoms with E-state index in [2.05, 4.69) is 11.1 Å². The van der Waals surface area contributed by atoms with Crippen LogP contribution in [0.4, 0.5) is 0 Å². The molecule has 0 aromatic carbocycles. The van der Waals surface area contributed by atoms with Gasteiger partial charge in [0.1, 0.15) is 6.04 Å². The number of carbonyl (C=O) groups excluding carboxylic acids is 2. The highest BCUT2D eigenvalue weighted by Gasteiger charge is 2.64. The van der Waals surface area contributed by atoms with E-state index in [1.807, 2.05) is 15.9 Å². The predicted molar refractivity (Wildman–Crippen MR) is 107 cm³/mol. The van der Waals surface area contributed by atoms with Crippen molar-refractivity contribution in [1.29, 1.82) is 5.26 Å². The van der Waals surface area contributed by atoms with E-state index in [1.54, 1.807) is 12.4 Å². The molecule has 0 N–H and O–H groups in total. The summed E-state index contributed by atoms with van der Waals surface area (Å²) in [6.45, 7) is 0.502. The van der Waals surface area contributed by atoms with Gasteiger partial charge in [0.05, 0.1) is 22.5 Å². The molecular weight excluding hydrogens is 388 g/mol. The predicted octanol–water partition coefficient (Wildman–Crippen LogP) is 3.27. The number of pyridine rings is 1. The van der Waals surface area contributed by atoms with Gasteiger partial charge in [-0.1, -0.05) is 18.0 Å². The molecule has 29 heavy (non-hydrogen) atoms. The standard InChI is InChI=1S/C22H25ClN4O2/c23-15-9-14(11-25-12-15)17-13-26(22(7-8-22)18(17)10-24)21(29)19-6-5-16-3-1-2-4-20(28)27(16)19/h9,11-12,16-19H,1-8,13H2/t16-,17-,18-,19-/m0/s1. The monoisotopic (exact) mass is 412 g/mol. The van der Waals surface area contributed by atoms with Crippen molar-refractivity contribution in [2.75, 3.05) is 6.54 Å². The van der Waals surface area contributed by atoms with Crippen molar-refractivity contribution in [3.8, 4) is 6.07 Å². The van der Waals surface area contributed by atoms with E-state index in [0.29, 0.717) is 18.0 Å². The number of fused-ring (bicyclic) bond motifs is 1.